The molecule has 0 aliphatic rings. The average molecular weight is 395 g/mol. The van der Waals surface area contributed by atoms with Gasteiger partial charge in [0.25, 0.3) is 0 Å². The summed E-state index contributed by atoms with van der Waals surface area (Å²) < 4.78 is 12.2. The summed E-state index contributed by atoms with van der Waals surface area (Å²) >= 11 is 3.53. The van der Waals surface area contributed by atoms with Crippen LogP contribution in [0.2, 0.25) is 0 Å². The highest BCUT2D eigenvalue weighted by atomic mass is 79.9. The molecule has 0 bridgehead atoms. The van der Waals surface area contributed by atoms with E-state index in [2.05, 4.69) is 34.2 Å². The van der Waals surface area contributed by atoms with Gasteiger partial charge in [0.1, 0.15) is 0 Å². The fraction of sp³-hybridized carbons (Fsp3) is 0.647. The summed E-state index contributed by atoms with van der Waals surface area (Å²) in [4.78, 5) is 0. The number of nitrogens with one attached hydrogen (secondary N) is 1. The number of benzene rings is 1. The van der Waals surface area contributed by atoms with Crippen LogP contribution in [-0.2, 0) is 6.54 Å². The Morgan fingerprint density at radius 1 is 1.09 bits per heavy atom. The fourth-order valence-corrected chi connectivity index (χ4v) is 2.77. The Morgan fingerprint density at radius 2 is 1.82 bits per heavy atom. The first-order chi connectivity index (χ1) is 10.2. The number of halogens is 2. The van der Waals surface area contributed by atoms with Gasteiger partial charge in [0.15, 0.2) is 11.5 Å². The van der Waals surface area contributed by atoms with Crippen molar-refractivity contribution in [2.75, 3.05) is 20.3 Å². The molecule has 0 radical (unpaired) electrons. The van der Waals surface area contributed by atoms with Gasteiger partial charge >= 0.3 is 0 Å². The molecule has 22 heavy (non-hydrogen) atoms. The Kier molecular flexibility index (Phi) is 12.8. The minimum atomic E-state index is 0. The maximum absolute atomic E-state index is 5.74. The van der Waals surface area contributed by atoms with Crippen molar-refractivity contribution in [1.82, 2.24) is 5.32 Å². The van der Waals surface area contributed by atoms with Gasteiger partial charge in [-0.15, -0.1) is 12.4 Å². The van der Waals surface area contributed by atoms with E-state index < -0.39 is 0 Å². The number of ether oxygens (including phenoxy) is 2. The van der Waals surface area contributed by atoms with E-state index in [0.717, 1.165) is 34.6 Å². The van der Waals surface area contributed by atoms with Gasteiger partial charge in [0.05, 0.1) is 13.7 Å². The van der Waals surface area contributed by atoms with Crippen molar-refractivity contribution in [2.45, 2.75) is 52.5 Å². The van der Waals surface area contributed by atoms with Crippen molar-refractivity contribution in [1.29, 1.82) is 0 Å². The molecule has 5 heteroatoms. The quantitative estimate of drug-likeness (QED) is 0.514. The average Bonchev–Trinajstić information content (AvgIpc) is 2.48. The second-order valence-electron chi connectivity index (χ2n) is 5.12. The van der Waals surface area contributed by atoms with Gasteiger partial charge in [-0.05, 0) is 32.0 Å². The molecule has 0 amide bonds. The first-order valence-corrected chi connectivity index (χ1v) is 8.72. The molecule has 3 nitrogen and oxygen atoms in total. The van der Waals surface area contributed by atoms with E-state index in [-0.39, 0.29) is 12.4 Å². The maximum Gasteiger partial charge on any atom is 0.165 e. The van der Waals surface area contributed by atoms with Crippen molar-refractivity contribution in [2.24, 2.45) is 0 Å². The molecule has 0 spiro atoms. The lowest BCUT2D eigenvalue weighted by atomic mass is 10.1. The van der Waals surface area contributed by atoms with Crippen molar-refractivity contribution in [3.05, 3.63) is 22.2 Å². The molecule has 128 valence electrons. The molecular formula is C17H29BrClNO2. The first-order valence-electron chi connectivity index (χ1n) is 7.92. The Morgan fingerprint density at radius 3 is 2.45 bits per heavy atom. The molecule has 0 heterocycles. The number of unbranched alkanes of at least 4 members (excludes halogenated alkanes) is 4. The second kappa shape index (κ2) is 13.0. The second-order valence-corrected chi connectivity index (χ2v) is 6.04. The lowest BCUT2D eigenvalue weighted by molar-refractivity contribution is 0.306. The molecule has 0 fully saturated rings. The Labute approximate surface area is 149 Å². The highest BCUT2D eigenvalue weighted by Gasteiger charge is 2.12. The van der Waals surface area contributed by atoms with Crippen LogP contribution in [0.3, 0.4) is 0 Å². The summed E-state index contributed by atoms with van der Waals surface area (Å²) in [6, 6.07) is 4.04. The minimum absolute atomic E-state index is 0. The third-order valence-corrected chi connectivity index (χ3v) is 3.84. The van der Waals surface area contributed by atoms with Crippen LogP contribution in [0.4, 0.5) is 0 Å². The van der Waals surface area contributed by atoms with Crippen molar-refractivity contribution >= 4 is 28.3 Å². The van der Waals surface area contributed by atoms with E-state index in [1.165, 1.54) is 32.1 Å². The molecule has 1 aromatic carbocycles. The number of methoxy groups -OCH3 is 1. The normalized spacial score (nSPS) is 10.2. The van der Waals surface area contributed by atoms with Gasteiger partial charge in [-0.3, -0.25) is 0 Å². The zero-order valence-corrected chi connectivity index (χ0v) is 16.3. The molecule has 0 aromatic heterocycles. The van der Waals surface area contributed by atoms with Gasteiger partial charge in [-0.25, -0.2) is 0 Å². The molecule has 0 saturated heterocycles. The summed E-state index contributed by atoms with van der Waals surface area (Å²) in [6.45, 7) is 6.73. The molecule has 0 saturated carbocycles. The number of hydrogen-bond donors (Lipinski definition) is 1. The SMILES string of the molecule is CCCCCCCNCc1cc(Br)cc(OC)c1OCC.Cl. The van der Waals surface area contributed by atoms with E-state index in [4.69, 9.17) is 9.47 Å². The molecule has 0 aliphatic carbocycles. The standard InChI is InChI=1S/C17H28BrNO2.ClH/c1-4-6-7-8-9-10-19-13-14-11-15(18)12-16(20-3)17(14)21-5-2;/h11-12,19H,4-10,13H2,1-3H3;1H. The molecule has 1 aromatic rings. The Hall–Kier alpha value is -0.450. The third-order valence-electron chi connectivity index (χ3n) is 3.38. The topological polar surface area (TPSA) is 30.5 Å². The third kappa shape index (κ3) is 7.70. The van der Waals surface area contributed by atoms with E-state index in [1.807, 2.05) is 13.0 Å². The number of rotatable bonds is 11. The molecule has 0 aliphatic heterocycles. The fourth-order valence-electron chi connectivity index (χ4n) is 2.29. The highest BCUT2D eigenvalue weighted by molar-refractivity contribution is 9.10. The van der Waals surface area contributed by atoms with Crippen LogP contribution in [0.1, 0.15) is 51.5 Å². The van der Waals surface area contributed by atoms with Crippen LogP contribution in [0.25, 0.3) is 0 Å². The molecular weight excluding hydrogens is 366 g/mol. The van der Waals surface area contributed by atoms with Crippen LogP contribution in [0.5, 0.6) is 11.5 Å². The van der Waals surface area contributed by atoms with Gasteiger partial charge < -0.3 is 14.8 Å². The van der Waals surface area contributed by atoms with E-state index in [9.17, 15) is 0 Å². The highest BCUT2D eigenvalue weighted by Crippen LogP contribution is 2.34. The first kappa shape index (κ1) is 21.6. The summed E-state index contributed by atoms with van der Waals surface area (Å²) in [7, 11) is 1.68. The largest absolute Gasteiger partial charge is 0.493 e. The predicted molar refractivity (Wildman–Crippen MR) is 99.6 cm³/mol. The minimum Gasteiger partial charge on any atom is -0.493 e. The van der Waals surface area contributed by atoms with Crippen LogP contribution in [0.15, 0.2) is 16.6 Å². The van der Waals surface area contributed by atoms with Crippen molar-refractivity contribution < 1.29 is 9.47 Å². The molecule has 1 rings (SSSR count). The van der Waals surface area contributed by atoms with Crippen LogP contribution in [0, 0.1) is 0 Å². The zero-order chi connectivity index (χ0) is 15.5. The van der Waals surface area contributed by atoms with Crippen LogP contribution in [-0.4, -0.2) is 20.3 Å². The van der Waals surface area contributed by atoms with E-state index in [1.54, 1.807) is 7.11 Å². The Bertz CT molecular complexity index is 416. The number of hydrogen-bond acceptors (Lipinski definition) is 3. The van der Waals surface area contributed by atoms with Gasteiger partial charge in [0, 0.05) is 16.6 Å². The monoisotopic (exact) mass is 393 g/mol. The summed E-state index contributed by atoms with van der Waals surface area (Å²) in [5.74, 6) is 1.63. The van der Waals surface area contributed by atoms with Crippen molar-refractivity contribution in [3.63, 3.8) is 0 Å². The lowest BCUT2D eigenvalue weighted by Gasteiger charge is -2.15. The van der Waals surface area contributed by atoms with E-state index in [0.29, 0.717) is 6.61 Å². The molecule has 1 N–H and O–H groups in total. The van der Waals surface area contributed by atoms with E-state index >= 15 is 0 Å². The summed E-state index contributed by atoms with van der Waals surface area (Å²) in [5, 5.41) is 3.50. The predicted octanol–water partition coefficient (Wildman–Crippen LogP) is 5.34. The van der Waals surface area contributed by atoms with Crippen molar-refractivity contribution in [3.8, 4) is 11.5 Å². The Balaban J connectivity index is 0.00000441. The van der Waals surface area contributed by atoms with Gasteiger partial charge in [-0.2, -0.15) is 0 Å². The molecule has 0 unspecified atom stereocenters. The smallest absolute Gasteiger partial charge is 0.165 e. The summed E-state index contributed by atoms with van der Waals surface area (Å²) in [5.41, 5.74) is 1.14. The zero-order valence-electron chi connectivity index (χ0n) is 13.9. The molecule has 0 atom stereocenters. The van der Waals surface area contributed by atoms with Crippen LogP contribution >= 0.6 is 28.3 Å². The van der Waals surface area contributed by atoms with Crippen LogP contribution < -0.4 is 14.8 Å². The van der Waals surface area contributed by atoms with Gasteiger partial charge in [0.2, 0.25) is 0 Å². The maximum atomic E-state index is 5.74. The lowest BCUT2D eigenvalue weighted by Crippen LogP contribution is -2.16. The van der Waals surface area contributed by atoms with Gasteiger partial charge in [-0.1, -0.05) is 48.5 Å². The summed E-state index contributed by atoms with van der Waals surface area (Å²) in [6.07, 6.45) is 6.52.